The zero-order valence-electron chi connectivity index (χ0n) is 28.7. The molecule has 2 aromatic heterocycles. The van der Waals surface area contributed by atoms with Crippen molar-refractivity contribution in [3.8, 4) is 0 Å². The second kappa shape index (κ2) is 21.7. The first-order valence-electron chi connectivity index (χ1n) is 16.5. The number of hydrogen-bond acceptors (Lipinski definition) is 11. The fourth-order valence-corrected chi connectivity index (χ4v) is 5.14. The summed E-state index contributed by atoms with van der Waals surface area (Å²) in [4.78, 5) is 57.9. The first kappa shape index (κ1) is 41.8. The summed E-state index contributed by atoms with van der Waals surface area (Å²) in [6.07, 6.45) is 9.19. The Morgan fingerprint density at radius 3 is 1.84 bits per heavy atom. The lowest BCUT2D eigenvalue weighted by atomic mass is 10.1. The highest BCUT2D eigenvalue weighted by atomic mass is 16.4. The van der Waals surface area contributed by atoms with Crippen LogP contribution in [0.4, 0.5) is 4.79 Å². The first-order valence-corrected chi connectivity index (χ1v) is 16.5. The van der Waals surface area contributed by atoms with E-state index < -0.39 is 41.9 Å². The summed E-state index contributed by atoms with van der Waals surface area (Å²) in [6.45, 7) is 12.0. The summed E-state index contributed by atoms with van der Waals surface area (Å²) in [7, 11) is 0. The number of nitrogens with one attached hydrogen (secondary N) is 3. The quantitative estimate of drug-likeness (QED) is 0.0499. The molecule has 0 bridgehead atoms. The predicted molar refractivity (Wildman–Crippen MR) is 186 cm³/mol. The van der Waals surface area contributed by atoms with E-state index in [0.717, 1.165) is 0 Å². The SMILES string of the molecule is C=C(O)Cn1ccnc1CN(CCCC[C@@H](N)C(=O)NCCCC[C@@H](NC(=O)N[C@H](CCC(=O)O)C(=C)O)C(=C)O)Cc1nccn1CC(=O)O. The number of nitrogens with two attached hydrogens (primary N) is 1. The maximum atomic E-state index is 12.6. The summed E-state index contributed by atoms with van der Waals surface area (Å²) >= 11 is 0. The lowest BCUT2D eigenvalue weighted by Gasteiger charge is -2.23. The maximum Gasteiger partial charge on any atom is 0.323 e. The van der Waals surface area contributed by atoms with Crippen molar-refractivity contribution in [3.05, 3.63) is 73.5 Å². The van der Waals surface area contributed by atoms with Gasteiger partial charge in [-0.05, 0) is 45.1 Å². The van der Waals surface area contributed by atoms with Crippen molar-refractivity contribution < 1.29 is 44.7 Å². The number of carbonyl (C=O) groups excluding carboxylic acids is 2. The number of carboxylic acids is 2. The molecule has 0 unspecified atom stereocenters. The van der Waals surface area contributed by atoms with E-state index in [-0.39, 0.29) is 43.4 Å². The van der Waals surface area contributed by atoms with Crippen molar-refractivity contribution >= 4 is 23.9 Å². The third-order valence-corrected chi connectivity index (χ3v) is 7.85. The number of unbranched alkanes of at least 4 members (excludes halogenated alkanes) is 2. The van der Waals surface area contributed by atoms with Gasteiger partial charge < -0.3 is 56.4 Å². The molecule has 0 aliphatic heterocycles. The smallest absolute Gasteiger partial charge is 0.323 e. The molecule has 0 saturated heterocycles. The van der Waals surface area contributed by atoms with E-state index in [1.54, 1.807) is 33.9 Å². The summed E-state index contributed by atoms with van der Waals surface area (Å²) in [5, 5.41) is 55.1. The Hall–Kier alpha value is -5.36. The van der Waals surface area contributed by atoms with Gasteiger partial charge in [-0.2, -0.15) is 0 Å². The molecule has 282 valence electrons. The Kier molecular flexibility index (Phi) is 17.8. The standard InChI is InChI=1S/C33H51N9O9/c1-22(43)18-41-16-13-35-28(41)19-40(20-29-36-14-17-42(29)21-31(48)49)15-7-5-8-25(34)32(50)37-12-6-4-9-26(23(2)44)38-33(51)39-27(24(3)45)10-11-30(46)47/h13-14,16-17,25-27,43-45H,1-12,15,18-21,34H2,(H,37,50)(H,46,47)(H,48,49)(H2,38,39,51)/t25-,26-,27-/m1/s1. The number of allylic oxidation sites excluding steroid dienone is 1. The molecule has 2 heterocycles. The van der Waals surface area contributed by atoms with E-state index in [1.165, 1.54) is 0 Å². The van der Waals surface area contributed by atoms with Gasteiger partial charge in [0.15, 0.2) is 0 Å². The number of nitrogens with zero attached hydrogens (tertiary/aromatic N) is 5. The first-order chi connectivity index (χ1) is 24.2. The average molecular weight is 718 g/mol. The van der Waals surface area contributed by atoms with Crippen molar-refractivity contribution in [1.29, 1.82) is 0 Å². The normalized spacial score (nSPS) is 12.8. The van der Waals surface area contributed by atoms with Crippen molar-refractivity contribution in [1.82, 2.24) is 40.0 Å². The van der Waals surface area contributed by atoms with Crippen LogP contribution in [0.2, 0.25) is 0 Å². The highest BCUT2D eigenvalue weighted by Gasteiger charge is 2.21. The van der Waals surface area contributed by atoms with E-state index in [9.17, 15) is 39.6 Å². The second-order valence-corrected chi connectivity index (χ2v) is 12.1. The van der Waals surface area contributed by atoms with Gasteiger partial charge in [-0.1, -0.05) is 26.2 Å². The number of aliphatic hydroxyl groups is 3. The Labute approximate surface area is 296 Å². The van der Waals surface area contributed by atoms with Crippen LogP contribution in [0.5, 0.6) is 0 Å². The van der Waals surface area contributed by atoms with Crippen LogP contribution in [0.3, 0.4) is 0 Å². The molecule has 0 fully saturated rings. The van der Waals surface area contributed by atoms with E-state index in [0.29, 0.717) is 76.4 Å². The van der Waals surface area contributed by atoms with Crippen LogP contribution in [-0.2, 0) is 40.6 Å². The van der Waals surface area contributed by atoms with Gasteiger partial charge in [0.25, 0.3) is 0 Å². The zero-order chi connectivity index (χ0) is 37.9. The number of carbonyl (C=O) groups is 4. The minimum atomic E-state index is -1.10. The molecule has 0 saturated carbocycles. The molecule has 10 N–H and O–H groups in total. The highest BCUT2D eigenvalue weighted by molar-refractivity contribution is 5.81. The molecule has 0 aliphatic rings. The number of imidazole rings is 2. The molecule has 3 amide bonds. The summed E-state index contributed by atoms with van der Waals surface area (Å²) in [5.74, 6) is -1.84. The van der Waals surface area contributed by atoms with E-state index in [2.05, 4.69) is 50.6 Å². The van der Waals surface area contributed by atoms with Crippen LogP contribution in [0.15, 0.2) is 61.8 Å². The van der Waals surface area contributed by atoms with Gasteiger partial charge in [0.2, 0.25) is 5.91 Å². The Balaban J connectivity index is 1.80. The van der Waals surface area contributed by atoms with Crippen LogP contribution < -0.4 is 21.7 Å². The second-order valence-electron chi connectivity index (χ2n) is 12.1. The Bertz CT molecular complexity index is 1430. The van der Waals surface area contributed by atoms with Gasteiger partial charge in [0, 0.05) is 37.8 Å². The fourth-order valence-electron chi connectivity index (χ4n) is 5.14. The molecule has 0 aliphatic carbocycles. The Morgan fingerprint density at radius 2 is 1.31 bits per heavy atom. The third-order valence-electron chi connectivity index (χ3n) is 7.85. The lowest BCUT2D eigenvalue weighted by molar-refractivity contribution is -0.138. The van der Waals surface area contributed by atoms with Crippen molar-refractivity contribution in [2.45, 2.75) is 95.7 Å². The van der Waals surface area contributed by atoms with Gasteiger partial charge in [-0.25, -0.2) is 14.8 Å². The molecule has 0 radical (unpaired) electrons. The number of hydrogen-bond donors (Lipinski definition) is 9. The van der Waals surface area contributed by atoms with Crippen molar-refractivity contribution in [2.75, 3.05) is 13.1 Å². The monoisotopic (exact) mass is 717 g/mol. The number of carboxylic acid groups (broad SMARTS) is 2. The molecule has 18 heteroatoms. The van der Waals surface area contributed by atoms with Crippen LogP contribution in [0.1, 0.15) is 63.0 Å². The molecular formula is C33H51N9O9. The molecule has 2 rings (SSSR count). The highest BCUT2D eigenvalue weighted by Crippen LogP contribution is 2.13. The fraction of sp³-hybridized carbons (Fsp3) is 0.515. The van der Waals surface area contributed by atoms with Crippen molar-refractivity contribution in [2.24, 2.45) is 5.73 Å². The molecule has 2 aromatic rings. The Morgan fingerprint density at radius 1 is 0.765 bits per heavy atom. The number of aromatic nitrogens is 4. The lowest BCUT2D eigenvalue weighted by Crippen LogP contribution is -2.47. The topological polar surface area (TPSA) is 270 Å². The van der Waals surface area contributed by atoms with Crippen LogP contribution >= 0.6 is 0 Å². The molecular weight excluding hydrogens is 666 g/mol. The molecule has 3 atom stereocenters. The molecule has 0 spiro atoms. The predicted octanol–water partition coefficient (Wildman–Crippen LogP) is 2.07. The number of rotatable bonds is 26. The van der Waals surface area contributed by atoms with E-state index >= 15 is 0 Å². The minimum absolute atomic E-state index is 0.0144. The molecule has 18 nitrogen and oxygen atoms in total. The van der Waals surface area contributed by atoms with E-state index in [1.807, 2.05) is 0 Å². The average Bonchev–Trinajstić information content (AvgIpc) is 3.67. The number of aliphatic carboxylic acids is 2. The van der Waals surface area contributed by atoms with Crippen LogP contribution in [0, 0.1) is 0 Å². The van der Waals surface area contributed by atoms with Gasteiger partial charge >= 0.3 is 18.0 Å². The summed E-state index contributed by atoms with van der Waals surface area (Å²) < 4.78 is 3.33. The number of amides is 3. The number of aliphatic hydroxyl groups excluding tert-OH is 3. The van der Waals surface area contributed by atoms with Gasteiger partial charge in [-0.3, -0.25) is 19.3 Å². The number of urea groups is 1. The van der Waals surface area contributed by atoms with Gasteiger partial charge in [0.05, 0.1) is 37.8 Å². The zero-order valence-corrected chi connectivity index (χ0v) is 28.7. The van der Waals surface area contributed by atoms with Crippen molar-refractivity contribution in [3.63, 3.8) is 0 Å². The minimum Gasteiger partial charge on any atom is -0.511 e. The van der Waals surface area contributed by atoms with Crippen LogP contribution in [-0.4, -0.2) is 105 Å². The van der Waals surface area contributed by atoms with E-state index in [4.69, 9.17) is 10.8 Å². The maximum absolute atomic E-state index is 12.6. The third kappa shape index (κ3) is 16.3. The van der Waals surface area contributed by atoms with Crippen LogP contribution in [0.25, 0.3) is 0 Å². The van der Waals surface area contributed by atoms with Gasteiger partial charge in [0.1, 0.15) is 35.5 Å². The summed E-state index contributed by atoms with van der Waals surface area (Å²) in [5.41, 5.74) is 6.15. The molecule has 51 heavy (non-hydrogen) atoms. The summed E-state index contributed by atoms with van der Waals surface area (Å²) in [6, 6.07) is -3.29. The van der Waals surface area contributed by atoms with Gasteiger partial charge in [-0.15, -0.1) is 0 Å². The largest absolute Gasteiger partial charge is 0.511 e. The molecule has 0 aromatic carbocycles.